The summed E-state index contributed by atoms with van der Waals surface area (Å²) in [6.45, 7) is 0. The smallest absolute Gasteiger partial charge is 0.145 e. The van der Waals surface area contributed by atoms with Crippen molar-refractivity contribution in [3.8, 4) is 61.6 Å². The third-order valence-corrected chi connectivity index (χ3v) is 11.1. The lowest BCUT2D eigenvalue weighted by atomic mass is 9.94. The number of para-hydroxylation sites is 3. The predicted molar refractivity (Wildman–Crippen MR) is 234 cm³/mol. The topological polar surface area (TPSA) is 21.1 Å². The zero-order valence-electron chi connectivity index (χ0n) is 30.5. The first-order chi connectivity index (χ1) is 27.8. The van der Waals surface area contributed by atoms with E-state index in [1.807, 2.05) is 0 Å². The maximum absolute atomic E-state index is 5.27. The summed E-state index contributed by atoms with van der Waals surface area (Å²) in [5.74, 6) is 0.940. The molecule has 1 aromatic heterocycles. The average Bonchev–Trinajstić information content (AvgIpc) is 3.61. The lowest BCUT2D eigenvalue weighted by Crippen LogP contribution is -2.09. The van der Waals surface area contributed by atoms with Crippen molar-refractivity contribution >= 4 is 38.9 Å². The molecule has 9 aromatic carbocycles. The summed E-state index contributed by atoms with van der Waals surface area (Å²) >= 11 is 0. The van der Waals surface area contributed by atoms with E-state index in [1.165, 1.54) is 44.2 Å². The summed E-state index contributed by atoms with van der Waals surface area (Å²) in [7, 11) is 0. The van der Waals surface area contributed by atoms with E-state index < -0.39 is 0 Å². The number of hydrogen-bond acceptors (Lipinski definition) is 2. The Morgan fingerprint density at radius 3 is 1.70 bits per heavy atom. The first-order valence-electron chi connectivity index (χ1n) is 19.1. The molecule has 0 spiro atoms. The van der Waals surface area contributed by atoms with Crippen LogP contribution >= 0.6 is 0 Å². The van der Waals surface area contributed by atoms with E-state index in [2.05, 4.69) is 222 Å². The van der Waals surface area contributed by atoms with E-state index in [9.17, 15) is 0 Å². The molecule has 0 aliphatic carbocycles. The van der Waals surface area contributed by atoms with E-state index in [0.717, 1.165) is 56.3 Å². The van der Waals surface area contributed by atoms with E-state index in [1.54, 1.807) is 0 Å². The maximum Gasteiger partial charge on any atom is 0.145 e. The van der Waals surface area contributed by atoms with Crippen molar-refractivity contribution in [3.63, 3.8) is 0 Å². The second-order valence-electron chi connectivity index (χ2n) is 14.4. The van der Waals surface area contributed by atoms with Gasteiger partial charge in [-0.3, -0.25) is 4.57 Å². The molecule has 3 heteroatoms. The molecule has 0 fully saturated rings. The van der Waals surface area contributed by atoms with Gasteiger partial charge in [-0.1, -0.05) is 158 Å². The second kappa shape index (κ2) is 13.1. The van der Waals surface area contributed by atoms with Crippen LogP contribution in [0.3, 0.4) is 0 Å². The van der Waals surface area contributed by atoms with Gasteiger partial charge in [0.05, 0.1) is 16.7 Å². The molecule has 11 rings (SSSR count). The van der Waals surface area contributed by atoms with Gasteiger partial charge in [-0.15, -0.1) is 0 Å². The van der Waals surface area contributed by atoms with Crippen molar-refractivity contribution in [2.24, 2.45) is 0 Å². The van der Waals surface area contributed by atoms with Gasteiger partial charge in [0.25, 0.3) is 0 Å². The van der Waals surface area contributed by atoms with Gasteiger partial charge in [-0.2, -0.15) is 0 Å². The molecule has 1 aliphatic rings. The van der Waals surface area contributed by atoms with Crippen molar-refractivity contribution in [1.82, 2.24) is 9.55 Å². The van der Waals surface area contributed by atoms with Crippen LogP contribution in [0.2, 0.25) is 0 Å². The van der Waals surface area contributed by atoms with Crippen molar-refractivity contribution in [1.29, 1.82) is 0 Å². The Balaban J connectivity index is 0.964. The van der Waals surface area contributed by atoms with Crippen LogP contribution in [0.4, 0.5) is 17.1 Å². The fraction of sp³-hybridized carbons (Fsp3) is 0. The van der Waals surface area contributed by atoms with Crippen LogP contribution in [0.15, 0.2) is 212 Å². The van der Waals surface area contributed by atoms with E-state index in [4.69, 9.17) is 4.98 Å². The zero-order valence-corrected chi connectivity index (χ0v) is 30.5. The summed E-state index contributed by atoms with van der Waals surface area (Å²) in [4.78, 5) is 7.60. The largest absolute Gasteiger partial charge is 0.310 e. The highest BCUT2D eigenvalue weighted by atomic mass is 15.1. The number of fused-ring (bicyclic) bond motifs is 6. The van der Waals surface area contributed by atoms with Gasteiger partial charge in [0, 0.05) is 33.8 Å². The quantitative estimate of drug-likeness (QED) is 0.171. The molecular formula is C53H35N3. The van der Waals surface area contributed by atoms with Gasteiger partial charge in [0.15, 0.2) is 0 Å². The van der Waals surface area contributed by atoms with E-state index >= 15 is 0 Å². The third-order valence-electron chi connectivity index (χ3n) is 11.1. The first kappa shape index (κ1) is 32.0. The third kappa shape index (κ3) is 5.32. The van der Waals surface area contributed by atoms with Crippen LogP contribution < -0.4 is 4.90 Å². The Morgan fingerprint density at radius 2 is 0.893 bits per heavy atom. The lowest BCUT2D eigenvalue weighted by molar-refractivity contribution is 1.11. The Labute approximate surface area is 326 Å². The number of benzene rings is 9. The minimum absolute atomic E-state index is 0.940. The van der Waals surface area contributed by atoms with Gasteiger partial charge < -0.3 is 4.90 Å². The number of anilines is 3. The standard InChI is InChI=1S/C53H35N3/c1-2-15-43(16-3-1)55(44-32-30-38(31-33-44)42-29-26-36-12-4-5-13-40(36)34-42)45-17-10-14-41(35-45)37-24-27-39(28-25-37)53-54-50-22-11-21-49-47-19-7-6-18-46(47)48-20-8-9-23-51(48)56(53)52(49)50/h1-35H. The van der Waals surface area contributed by atoms with Gasteiger partial charge >= 0.3 is 0 Å². The van der Waals surface area contributed by atoms with Gasteiger partial charge in [-0.05, 0) is 98.8 Å². The minimum atomic E-state index is 0.940. The van der Waals surface area contributed by atoms with Crippen LogP contribution in [-0.2, 0) is 0 Å². The molecule has 0 atom stereocenters. The highest BCUT2D eigenvalue weighted by Gasteiger charge is 2.25. The molecule has 56 heavy (non-hydrogen) atoms. The number of imidazole rings is 1. The Hall–Kier alpha value is -7.49. The highest BCUT2D eigenvalue weighted by molar-refractivity contribution is 6.03. The predicted octanol–water partition coefficient (Wildman–Crippen LogP) is 14.3. The van der Waals surface area contributed by atoms with Crippen LogP contribution in [0.5, 0.6) is 0 Å². The molecule has 0 saturated heterocycles. The molecule has 0 bridgehead atoms. The molecule has 262 valence electrons. The van der Waals surface area contributed by atoms with Crippen LogP contribution in [0.25, 0.3) is 83.4 Å². The molecule has 0 amide bonds. The summed E-state index contributed by atoms with van der Waals surface area (Å²) < 4.78 is 2.36. The molecule has 2 heterocycles. The number of rotatable bonds is 6. The van der Waals surface area contributed by atoms with Crippen LogP contribution in [-0.4, -0.2) is 9.55 Å². The Bertz CT molecular complexity index is 3070. The van der Waals surface area contributed by atoms with Crippen LogP contribution in [0.1, 0.15) is 0 Å². The molecule has 3 nitrogen and oxygen atoms in total. The first-order valence-corrected chi connectivity index (χ1v) is 19.1. The highest BCUT2D eigenvalue weighted by Crippen LogP contribution is 2.45. The molecule has 1 aliphatic heterocycles. The molecule has 0 saturated carbocycles. The number of nitrogens with zero attached hydrogens (tertiary/aromatic N) is 3. The summed E-state index contributed by atoms with van der Waals surface area (Å²) in [6.07, 6.45) is 0. The lowest BCUT2D eigenvalue weighted by Gasteiger charge is -2.26. The van der Waals surface area contributed by atoms with Gasteiger partial charge in [0.2, 0.25) is 0 Å². The van der Waals surface area contributed by atoms with Crippen molar-refractivity contribution in [2.45, 2.75) is 0 Å². The minimum Gasteiger partial charge on any atom is -0.310 e. The van der Waals surface area contributed by atoms with Crippen molar-refractivity contribution < 1.29 is 0 Å². The monoisotopic (exact) mass is 713 g/mol. The van der Waals surface area contributed by atoms with Crippen LogP contribution in [0, 0.1) is 0 Å². The average molecular weight is 714 g/mol. The molecule has 0 unspecified atom stereocenters. The van der Waals surface area contributed by atoms with Gasteiger partial charge in [-0.25, -0.2) is 4.98 Å². The number of hydrogen-bond donors (Lipinski definition) is 0. The molecule has 10 aromatic rings. The van der Waals surface area contributed by atoms with Gasteiger partial charge in [0.1, 0.15) is 5.82 Å². The summed E-state index contributed by atoms with van der Waals surface area (Å²) in [5.41, 5.74) is 17.3. The van der Waals surface area contributed by atoms with Crippen molar-refractivity contribution in [3.05, 3.63) is 212 Å². The Kier molecular flexibility index (Phi) is 7.49. The summed E-state index contributed by atoms with van der Waals surface area (Å²) in [5, 5.41) is 2.50. The second-order valence-corrected chi connectivity index (χ2v) is 14.4. The normalized spacial score (nSPS) is 11.6. The molecular weight excluding hydrogens is 679 g/mol. The number of aromatic nitrogens is 2. The maximum atomic E-state index is 5.27. The molecule has 0 radical (unpaired) electrons. The fourth-order valence-electron chi connectivity index (χ4n) is 8.45. The fourth-order valence-corrected chi connectivity index (χ4v) is 8.45. The van der Waals surface area contributed by atoms with E-state index in [-0.39, 0.29) is 0 Å². The SMILES string of the molecule is c1ccc(N(c2ccc(-c3ccc4ccccc4c3)cc2)c2cccc(-c3ccc(-c4nc5cccc6c5n4-c4ccccc4-c4ccccc4-6)cc3)c2)cc1. The van der Waals surface area contributed by atoms with E-state index in [0.29, 0.717) is 0 Å². The van der Waals surface area contributed by atoms with Crippen molar-refractivity contribution in [2.75, 3.05) is 4.90 Å². The zero-order chi connectivity index (χ0) is 37.0. The Morgan fingerprint density at radius 1 is 0.339 bits per heavy atom. The molecule has 0 N–H and O–H groups in total. The summed E-state index contributed by atoms with van der Waals surface area (Å²) in [6, 6.07) is 76.3.